The van der Waals surface area contributed by atoms with Gasteiger partial charge >= 0.3 is 11.9 Å². The molecule has 0 spiro atoms. The van der Waals surface area contributed by atoms with Crippen LogP contribution in [0.25, 0.3) is 0 Å². The van der Waals surface area contributed by atoms with Crippen LogP contribution in [0.5, 0.6) is 0 Å². The number of Topliss-reactive ketones (excluding diaryl/α,β-unsaturated/α-hetero) is 2. The van der Waals surface area contributed by atoms with Gasteiger partial charge in [0.2, 0.25) is 0 Å². The monoisotopic (exact) mass is 300 g/mol. The van der Waals surface area contributed by atoms with Gasteiger partial charge in [-0.15, -0.1) is 0 Å². The molecule has 0 saturated carbocycles. The van der Waals surface area contributed by atoms with E-state index in [1.165, 1.54) is 41.7 Å². The van der Waals surface area contributed by atoms with Gasteiger partial charge in [-0.1, -0.05) is 0 Å². The topological polar surface area (TPSA) is 86.7 Å². The minimum atomic E-state index is -1.45. The van der Waals surface area contributed by atoms with Crippen LogP contribution in [0.4, 0.5) is 0 Å². The van der Waals surface area contributed by atoms with Crippen molar-refractivity contribution in [1.82, 2.24) is 0 Å². The molecule has 0 aromatic heterocycles. The zero-order valence-corrected chi connectivity index (χ0v) is 13.7. The molecule has 0 aliphatic heterocycles. The normalized spacial score (nSPS) is 13.3. The first-order valence-electron chi connectivity index (χ1n) is 6.78. The lowest BCUT2D eigenvalue weighted by Gasteiger charge is -2.28. The van der Waals surface area contributed by atoms with Gasteiger partial charge in [-0.05, 0) is 41.5 Å². The lowest BCUT2D eigenvalue weighted by atomic mass is 9.74. The molecule has 0 aliphatic rings. The number of rotatable bonds is 7. The molecule has 0 radical (unpaired) electrons. The van der Waals surface area contributed by atoms with Gasteiger partial charge in [0.1, 0.15) is 10.8 Å². The summed E-state index contributed by atoms with van der Waals surface area (Å²) in [6.07, 6.45) is 0. The Morgan fingerprint density at radius 1 is 0.905 bits per heavy atom. The SMILES string of the molecule is CCOC(=O)C(C)(C)C(=O)C(C)C(=O)C(C)(C)C(=O)OC. The number of carbonyl (C=O) groups is 4. The second kappa shape index (κ2) is 6.83. The van der Waals surface area contributed by atoms with E-state index in [0.29, 0.717) is 0 Å². The second-order valence-corrected chi connectivity index (χ2v) is 5.91. The first-order chi connectivity index (χ1) is 9.44. The van der Waals surface area contributed by atoms with E-state index >= 15 is 0 Å². The fourth-order valence-corrected chi connectivity index (χ4v) is 1.97. The molecule has 120 valence electrons. The lowest BCUT2D eigenvalue weighted by Crippen LogP contribution is -2.46. The van der Waals surface area contributed by atoms with Gasteiger partial charge in [0.25, 0.3) is 0 Å². The number of ether oxygens (including phenoxy) is 2. The Hall–Kier alpha value is -1.72. The molecule has 0 aromatic rings. The zero-order valence-electron chi connectivity index (χ0n) is 13.7. The van der Waals surface area contributed by atoms with Gasteiger partial charge < -0.3 is 9.47 Å². The van der Waals surface area contributed by atoms with Crippen LogP contribution >= 0.6 is 0 Å². The summed E-state index contributed by atoms with van der Waals surface area (Å²) in [5, 5.41) is 0. The highest BCUT2D eigenvalue weighted by molar-refractivity contribution is 6.17. The fourth-order valence-electron chi connectivity index (χ4n) is 1.97. The Balaban J connectivity index is 5.30. The largest absolute Gasteiger partial charge is 0.468 e. The number of hydrogen-bond donors (Lipinski definition) is 0. The van der Waals surface area contributed by atoms with Crippen LogP contribution in [0.2, 0.25) is 0 Å². The third-order valence-electron chi connectivity index (χ3n) is 3.50. The molecule has 0 saturated heterocycles. The molecule has 0 aliphatic carbocycles. The molecule has 6 nitrogen and oxygen atoms in total. The van der Waals surface area contributed by atoms with Crippen LogP contribution in [0.1, 0.15) is 41.5 Å². The van der Waals surface area contributed by atoms with E-state index in [-0.39, 0.29) is 6.61 Å². The summed E-state index contributed by atoms with van der Waals surface area (Å²) in [5.41, 5.74) is -2.90. The van der Waals surface area contributed by atoms with Crippen LogP contribution in [-0.4, -0.2) is 37.2 Å². The van der Waals surface area contributed by atoms with E-state index in [0.717, 1.165) is 0 Å². The average Bonchev–Trinajstić information content (AvgIpc) is 2.43. The van der Waals surface area contributed by atoms with E-state index in [1.807, 2.05) is 0 Å². The molecule has 21 heavy (non-hydrogen) atoms. The molecule has 0 aromatic carbocycles. The molecular weight excluding hydrogens is 276 g/mol. The summed E-state index contributed by atoms with van der Waals surface area (Å²) in [6, 6.07) is 0. The first kappa shape index (κ1) is 19.3. The number of carbonyl (C=O) groups excluding carboxylic acids is 4. The second-order valence-electron chi connectivity index (χ2n) is 5.91. The van der Waals surface area contributed by atoms with Crippen molar-refractivity contribution in [3.05, 3.63) is 0 Å². The van der Waals surface area contributed by atoms with Crippen molar-refractivity contribution in [1.29, 1.82) is 0 Å². The van der Waals surface area contributed by atoms with Crippen LogP contribution in [0, 0.1) is 16.7 Å². The maximum Gasteiger partial charge on any atom is 0.319 e. The first-order valence-corrected chi connectivity index (χ1v) is 6.78. The smallest absolute Gasteiger partial charge is 0.319 e. The molecule has 6 heteroatoms. The van der Waals surface area contributed by atoms with E-state index in [4.69, 9.17) is 4.74 Å². The maximum absolute atomic E-state index is 12.4. The molecule has 1 unspecified atom stereocenters. The summed E-state index contributed by atoms with van der Waals surface area (Å²) < 4.78 is 9.42. The number of esters is 2. The summed E-state index contributed by atoms with van der Waals surface area (Å²) in [5.74, 6) is -3.69. The highest BCUT2D eigenvalue weighted by Crippen LogP contribution is 2.29. The number of methoxy groups -OCH3 is 1. The van der Waals surface area contributed by atoms with Gasteiger partial charge in [0.05, 0.1) is 19.6 Å². The summed E-state index contributed by atoms with van der Waals surface area (Å²) in [7, 11) is 1.17. The van der Waals surface area contributed by atoms with E-state index in [1.54, 1.807) is 6.92 Å². The van der Waals surface area contributed by atoms with E-state index in [2.05, 4.69) is 4.74 Å². The third kappa shape index (κ3) is 3.89. The van der Waals surface area contributed by atoms with Gasteiger partial charge in [0, 0.05) is 0 Å². The average molecular weight is 300 g/mol. The maximum atomic E-state index is 12.4. The highest BCUT2D eigenvalue weighted by Gasteiger charge is 2.47. The predicted octanol–water partition coefficient (Wildman–Crippen LogP) is 1.55. The fraction of sp³-hybridized carbons (Fsp3) is 0.733. The minimum Gasteiger partial charge on any atom is -0.468 e. The summed E-state index contributed by atoms with van der Waals surface area (Å²) in [4.78, 5) is 48.2. The lowest BCUT2D eigenvalue weighted by molar-refractivity contribution is -0.161. The van der Waals surface area contributed by atoms with E-state index < -0.39 is 40.3 Å². The van der Waals surface area contributed by atoms with Crippen molar-refractivity contribution in [2.45, 2.75) is 41.5 Å². The van der Waals surface area contributed by atoms with Gasteiger partial charge in [-0.25, -0.2) is 0 Å². The third-order valence-corrected chi connectivity index (χ3v) is 3.50. The Morgan fingerprint density at radius 3 is 1.62 bits per heavy atom. The van der Waals surface area contributed by atoms with Crippen molar-refractivity contribution in [3.8, 4) is 0 Å². The van der Waals surface area contributed by atoms with Crippen LogP contribution in [0.3, 0.4) is 0 Å². The minimum absolute atomic E-state index is 0.144. The molecule has 0 heterocycles. The van der Waals surface area contributed by atoms with Crippen LogP contribution < -0.4 is 0 Å². The molecule has 1 atom stereocenters. The molecule has 0 bridgehead atoms. The Labute approximate surface area is 125 Å². The Morgan fingerprint density at radius 2 is 1.29 bits per heavy atom. The molecule has 0 N–H and O–H groups in total. The Bertz CT molecular complexity index is 447. The van der Waals surface area contributed by atoms with Crippen molar-refractivity contribution >= 4 is 23.5 Å². The van der Waals surface area contributed by atoms with Gasteiger partial charge in [0.15, 0.2) is 11.6 Å². The molecule has 0 fully saturated rings. The molecular formula is C15H24O6. The molecule has 0 rings (SSSR count). The quantitative estimate of drug-likeness (QED) is 0.523. The van der Waals surface area contributed by atoms with E-state index in [9.17, 15) is 19.2 Å². The number of ketones is 2. The highest BCUT2D eigenvalue weighted by atomic mass is 16.5. The van der Waals surface area contributed by atoms with Crippen molar-refractivity contribution < 1.29 is 28.7 Å². The molecule has 0 amide bonds. The summed E-state index contributed by atoms with van der Waals surface area (Å²) in [6.45, 7) is 8.75. The van der Waals surface area contributed by atoms with Crippen LogP contribution in [-0.2, 0) is 28.7 Å². The van der Waals surface area contributed by atoms with Crippen molar-refractivity contribution in [2.75, 3.05) is 13.7 Å². The van der Waals surface area contributed by atoms with Crippen molar-refractivity contribution in [2.24, 2.45) is 16.7 Å². The van der Waals surface area contributed by atoms with Crippen molar-refractivity contribution in [3.63, 3.8) is 0 Å². The summed E-state index contributed by atoms with van der Waals surface area (Å²) >= 11 is 0. The predicted molar refractivity (Wildman–Crippen MR) is 75.4 cm³/mol. The standard InChI is InChI=1S/C15H24O6/c1-8-21-13(19)15(5,6)11(17)9(2)10(16)14(3,4)12(18)20-7/h9H,8H2,1-7H3. The van der Waals surface area contributed by atoms with Gasteiger partial charge in [-0.2, -0.15) is 0 Å². The Kier molecular flexibility index (Phi) is 6.27. The van der Waals surface area contributed by atoms with Crippen LogP contribution in [0.15, 0.2) is 0 Å². The zero-order chi connectivity index (χ0) is 17.0. The number of hydrogen-bond acceptors (Lipinski definition) is 6. The van der Waals surface area contributed by atoms with Gasteiger partial charge in [-0.3, -0.25) is 19.2 Å².